The van der Waals surface area contributed by atoms with Crippen LogP contribution in [0.4, 0.5) is 17.3 Å². The summed E-state index contributed by atoms with van der Waals surface area (Å²) < 4.78 is 44.7. The zero-order valence-corrected chi connectivity index (χ0v) is 7.02. The largest absolute Gasteiger partial charge is 1.00 e. The van der Waals surface area contributed by atoms with Gasteiger partial charge in [-0.1, -0.05) is 0 Å². The molecule has 4 nitrogen and oxygen atoms in total. The standard InChI is InChI=1S/C2N2O2S.BF4.Li/c5-1-3-7-4-2-6;2-1(3,4)5;/q;-1;+1. The minimum Gasteiger partial charge on any atom is -0.418 e. The maximum atomic E-state index is 9.75. The molecule has 0 rings (SSSR count). The summed E-state index contributed by atoms with van der Waals surface area (Å²) in [6.45, 7) is 0. The Labute approximate surface area is 86.4 Å². The normalized spacial score (nSPS) is 7.69. The molecule has 13 heavy (non-hydrogen) atoms. The predicted molar refractivity (Wildman–Crippen MR) is 34.0 cm³/mol. The quantitative estimate of drug-likeness (QED) is 0.183. The summed E-state index contributed by atoms with van der Waals surface area (Å²) in [5, 5.41) is 0. The van der Waals surface area contributed by atoms with Crippen LogP contribution < -0.4 is 18.9 Å². The van der Waals surface area contributed by atoms with Crippen LogP contribution in [0.5, 0.6) is 0 Å². The third-order valence-electron chi connectivity index (χ3n) is 0.156. The average molecular weight is 210 g/mol. The van der Waals surface area contributed by atoms with Crippen LogP contribution in [-0.2, 0) is 9.59 Å². The number of halogens is 4. The molecule has 0 aromatic rings. The monoisotopic (exact) mass is 210 g/mol. The van der Waals surface area contributed by atoms with E-state index in [1.54, 1.807) is 0 Å². The van der Waals surface area contributed by atoms with Crippen LogP contribution in [0.3, 0.4) is 0 Å². The third-order valence-corrected chi connectivity index (χ3v) is 0.469. The van der Waals surface area contributed by atoms with Crippen LogP contribution in [0.2, 0.25) is 0 Å². The number of carbonyl (C=O) groups excluding carboxylic acids is 2. The number of nitrogens with zero attached hydrogens (tertiary/aromatic N) is 2. The number of isocyanates is 2. The summed E-state index contributed by atoms with van der Waals surface area (Å²) in [6, 6.07) is 0. The molecule has 0 aliphatic heterocycles. The van der Waals surface area contributed by atoms with Crippen molar-refractivity contribution in [1.29, 1.82) is 0 Å². The fourth-order valence-electron chi connectivity index (χ4n) is 0.0537. The maximum Gasteiger partial charge on any atom is 1.00 e. The van der Waals surface area contributed by atoms with E-state index >= 15 is 0 Å². The Balaban J connectivity index is -0.000000150. The van der Waals surface area contributed by atoms with E-state index in [4.69, 9.17) is 0 Å². The van der Waals surface area contributed by atoms with Crippen molar-refractivity contribution >= 4 is 31.5 Å². The molecule has 0 atom stereocenters. The van der Waals surface area contributed by atoms with Crippen molar-refractivity contribution in [3.8, 4) is 0 Å². The molecule has 11 heteroatoms. The van der Waals surface area contributed by atoms with Gasteiger partial charge in [0.2, 0.25) is 12.2 Å². The van der Waals surface area contributed by atoms with Crippen LogP contribution in [0.15, 0.2) is 8.80 Å². The predicted octanol–water partition coefficient (Wildman–Crippen LogP) is -1.47. The Bertz CT molecular complexity index is 191. The van der Waals surface area contributed by atoms with Gasteiger partial charge in [-0.05, 0) is 0 Å². The molecular weight excluding hydrogens is 210 g/mol. The fourth-order valence-corrected chi connectivity index (χ4v) is 0.161. The van der Waals surface area contributed by atoms with Gasteiger partial charge in [0.05, 0.1) is 0 Å². The van der Waals surface area contributed by atoms with Crippen molar-refractivity contribution in [2.24, 2.45) is 8.80 Å². The van der Waals surface area contributed by atoms with Crippen LogP contribution in [0.25, 0.3) is 0 Å². The zero-order chi connectivity index (χ0) is 10.0. The molecule has 0 aromatic carbocycles. The van der Waals surface area contributed by atoms with E-state index in [0.717, 1.165) is 0 Å². The van der Waals surface area contributed by atoms with Gasteiger partial charge in [-0.15, -0.1) is 8.80 Å². The van der Waals surface area contributed by atoms with Gasteiger partial charge in [0.25, 0.3) is 0 Å². The Morgan fingerprint density at radius 2 is 1.23 bits per heavy atom. The third kappa shape index (κ3) is 84.9. The van der Waals surface area contributed by atoms with Gasteiger partial charge in [0, 0.05) is 0 Å². The zero-order valence-electron chi connectivity index (χ0n) is 6.21. The summed E-state index contributed by atoms with van der Waals surface area (Å²) in [5.41, 5.74) is 0. The second-order valence-corrected chi connectivity index (χ2v) is 1.47. The van der Waals surface area contributed by atoms with E-state index in [0.29, 0.717) is 12.1 Å². The van der Waals surface area contributed by atoms with Crippen molar-refractivity contribution in [1.82, 2.24) is 0 Å². The van der Waals surface area contributed by atoms with Crippen molar-refractivity contribution < 1.29 is 45.7 Å². The summed E-state index contributed by atoms with van der Waals surface area (Å²) in [7, 11) is -6.00. The van der Waals surface area contributed by atoms with Crippen molar-refractivity contribution in [3.63, 3.8) is 0 Å². The van der Waals surface area contributed by atoms with Gasteiger partial charge in [-0.25, -0.2) is 9.59 Å². The minimum absolute atomic E-state index is 0. The summed E-state index contributed by atoms with van der Waals surface area (Å²) in [4.78, 5) is 18.4. The van der Waals surface area contributed by atoms with Gasteiger partial charge >= 0.3 is 26.1 Å². The van der Waals surface area contributed by atoms with Gasteiger partial charge in [0.15, 0.2) is 0 Å². The second-order valence-electron chi connectivity index (χ2n) is 0.942. The van der Waals surface area contributed by atoms with Crippen molar-refractivity contribution in [3.05, 3.63) is 0 Å². The van der Waals surface area contributed by atoms with Crippen molar-refractivity contribution in [2.75, 3.05) is 0 Å². The number of hydrogen-bond donors (Lipinski definition) is 0. The molecule has 0 aliphatic rings. The Hall–Kier alpha value is -0.508. The molecule has 0 radical (unpaired) electrons. The van der Waals surface area contributed by atoms with Gasteiger partial charge in [0.1, 0.15) is 12.1 Å². The van der Waals surface area contributed by atoms with Crippen LogP contribution in [0, 0.1) is 0 Å². The SMILES string of the molecule is F[B-](F)(F)F.O=C=NSN=C=O.[Li+]. The van der Waals surface area contributed by atoms with E-state index in [-0.39, 0.29) is 18.9 Å². The van der Waals surface area contributed by atoms with Crippen LogP contribution in [0.1, 0.15) is 0 Å². The molecule has 0 heterocycles. The molecule has 0 spiro atoms. The Morgan fingerprint density at radius 3 is 1.38 bits per heavy atom. The summed E-state index contributed by atoms with van der Waals surface area (Å²) in [6.07, 6.45) is 2.34. The molecule has 0 fully saturated rings. The molecule has 0 unspecified atom stereocenters. The van der Waals surface area contributed by atoms with E-state index in [2.05, 4.69) is 8.80 Å². The molecule has 0 N–H and O–H groups in total. The molecule has 0 aromatic heterocycles. The Kier molecular flexibility index (Phi) is 16.2. The topological polar surface area (TPSA) is 58.9 Å². The molecule has 0 aliphatic carbocycles. The maximum absolute atomic E-state index is 9.75. The molecule has 0 bridgehead atoms. The van der Waals surface area contributed by atoms with Crippen LogP contribution in [-0.4, -0.2) is 19.4 Å². The second kappa shape index (κ2) is 11.5. The van der Waals surface area contributed by atoms with E-state index in [1.165, 1.54) is 12.2 Å². The number of rotatable bonds is 2. The average Bonchev–Trinajstić information content (AvgIpc) is 1.85. The number of hydrogen-bond acceptors (Lipinski definition) is 5. The molecular formula is C2BF4LiN2O2S. The van der Waals surface area contributed by atoms with E-state index in [9.17, 15) is 26.9 Å². The Morgan fingerprint density at radius 1 is 1.00 bits per heavy atom. The van der Waals surface area contributed by atoms with E-state index < -0.39 is 7.25 Å². The first-order valence-corrected chi connectivity index (χ1v) is 2.82. The smallest absolute Gasteiger partial charge is 0.418 e. The molecule has 0 saturated heterocycles. The minimum atomic E-state index is -6.00. The first-order chi connectivity index (χ1) is 5.41. The van der Waals surface area contributed by atoms with Gasteiger partial charge in [-0.2, -0.15) is 0 Å². The first kappa shape index (κ1) is 18.3. The van der Waals surface area contributed by atoms with Gasteiger partial charge < -0.3 is 17.3 Å². The summed E-state index contributed by atoms with van der Waals surface area (Å²) in [5.74, 6) is 0. The van der Waals surface area contributed by atoms with Gasteiger partial charge in [-0.3, -0.25) is 0 Å². The molecule has 68 valence electrons. The fraction of sp³-hybridized carbons (Fsp3) is 0. The molecule has 0 saturated carbocycles. The van der Waals surface area contributed by atoms with E-state index in [1.807, 2.05) is 0 Å². The summed E-state index contributed by atoms with van der Waals surface area (Å²) >= 11 is 0.456. The first-order valence-electron chi connectivity index (χ1n) is 2.09. The molecule has 0 amide bonds. The van der Waals surface area contributed by atoms with Crippen LogP contribution >= 0.6 is 12.1 Å². The van der Waals surface area contributed by atoms with Crippen molar-refractivity contribution in [2.45, 2.75) is 0 Å².